The highest BCUT2D eigenvalue weighted by molar-refractivity contribution is 7.89. The fraction of sp³-hybridized carbons (Fsp3) is 0.471. The van der Waals surface area contributed by atoms with Crippen LogP contribution in [0.1, 0.15) is 35.9 Å². The number of amides is 1. The largest absolute Gasteiger partial charge is 0.352 e. The minimum absolute atomic E-state index is 0.156. The standard InChI is InChI=1S/C17H23N5O3S2/c1-2-22-15(19-20-17(22)26)8-9-18-16(23)13-6-5-7-14(12-13)27(24,25)21-10-3-4-11-21/h5-7,12H,2-4,8-11H2,1H3,(H,18,23)(H,20,26). The molecule has 1 aromatic carbocycles. The molecule has 3 rings (SSSR count). The Balaban J connectivity index is 1.66. The monoisotopic (exact) mass is 409 g/mol. The normalized spacial score (nSPS) is 15.1. The number of hydrogen-bond donors (Lipinski definition) is 2. The Morgan fingerprint density at radius 2 is 2.07 bits per heavy atom. The zero-order valence-corrected chi connectivity index (χ0v) is 16.8. The molecule has 10 heteroatoms. The van der Waals surface area contributed by atoms with E-state index in [0.29, 0.717) is 42.9 Å². The van der Waals surface area contributed by atoms with Crippen LogP contribution in [0.5, 0.6) is 0 Å². The van der Waals surface area contributed by atoms with Crippen molar-refractivity contribution in [1.82, 2.24) is 24.4 Å². The Morgan fingerprint density at radius 1 is 1.33 bits per heavy atom. The fourth-order valence-electron chi connectivity index (χ4n) is 3.13. The van der Waals surface area contributed by atoms with Crippen LogP contribution in [0.3, 0.4) is 0 Å². The van der Waals surface area contributed by atoms with Crippen LogP contribution < -0.4 is 5.32 Å². The molecular formula is C17H23N5O3S2. The molecule has 2 aromatic rings. The van der Waals surface area contributed by atoms with Gasteiger partial charge < -0.3 is 9.88 Å². The van der Waals surface area contributed by atoms with E-state index in [2.05, 4.69) is 15.5 Å². The average Bonchev–Trinajstić information content (AvgIpc) is 3.32. The lowest BCUT2D eigenvalue weighted by molar-refractivity contribution is 0.0953. The van der Waals surface area contributed by atoms with Crippen LogP contribution in [0, 0.1) is 4.77 Å². The number of hydrogen-bond acceptors (Lipinski definition) is 5. The summed E-state index contributed by atoms with van der Waals surface area (Å²) in [4.78, 5) is 12.6. The van der Waals surface area contributed by atoms with Crippen LogP contribution in [0.15, 0.2) is 29.2 Å². The van der Waals surface area contributed by atoms with E-state index in [0.717, 1.165) is 18.7 Å². The Labute approximate surface area is 163 Å². The highest BCUT2D eigenvalue weighted by Crippen LogP contribution is 2.21. The van der Waals surface area contributed by atoms with Crippen molar-refractivity contribution in [1.29, 1.82) is 0 Å². The van der Waals surface area contributed by atoms with Crippen molar-refractivity contribution >= 4 is 28.1 Å². The first-order chi connectivity index (χ1) is 12.9. The van der Waals surface area contributed by atoms with Crippen molar-refractivity contribution in [3.63, 3.8) is 0 Å². The maximum Gasteiger partial charge on any atom is 0.251 e. The lowest BCUT2D eigenvalue weighted by atomic mass is 10.2. The third-order valence-electron chi connectivity index (χ3n) is 4.59. The molecule has 0 atom stereocenters. The van der Waals surface area contributed by atoms with E-state index in [1.54, 1.807) is 12.1 Å². The van der Waals surface area contributed by atoms with E-state index < -0.39 is 10.0 Å². The van der Waals surface area contributed by atoms with E-state index in [1.165, 1.54) is 16.4 Å². The number of H-pyrrole nitrogens is 1. The van der Waals surface area contributed by atoms with Crippen LogP contribution in [-0.4, -0.2) is 53.0 Å². The van der Waals surface area contributed by atoms with Crippen molar-refractivity contribution in [2.24, 2.45) is 0 Å². The molecule has 0 spiro atoms. The second-order valence-corrected chi connectivity index (χ2v) is 8.66. The summed E-state index contributed by atoms with van der Waals surface area (Å²) in [6.07, 6.45) is 2.27. The molecule has 2 N–H and O–H groups in total. The smallest absolute Gasteiger partial charge is 0.251 e. The minimum atomic E-state index is -3.54. The number of carbonyl (C=O) groups is 1. The van der Waals surface area contributed by atoms with Gasteiger partial charge in [-0.3, -0.25) is 9.89 Å². The molecule has 0 aliphatic carbocycles. The van der Waals surface area contributed by atoms with Crippen molar-refractivity contribution in [3.8, 4) is 0 Å². The van der Waals surface area contributed by atoms with Crippen molar-refractivity contribution in [2.45, 2.75) is 37.6 Å². The molecule has 1 amide bonds. The molecular weight excluding hydrogens is 386 g/mol. The van der Waals surface area contributed by atoms with Gasteiger partial charge in [-0.05, 0) is 50.2 Å². The Hall–Kier alpha value is -2.04. The number of rotatable bonds is 7. The van der Waals surface area contributed by atoms with E-state index in [-0.39, 0.29) is 10.8 Å². The molecule has 8 nitrogen and oxygen atoms in total. The molecule has 1 saturated heterocycles. The second kappa shape index (κ2) is 8.32. The molecule has 1 aliphatic heterocycles. The van der Waals surface area contributed by atoms with Crippen molar-refractivity contribution in [2.75, 3.05) is 19.6 Å². The number of sulfonamides is 1. The number of nitrogens with zero attached hydrogens (tertiary/aromatic N) is 3. The maximum absolute atomic E-state index is 12.7. The predicted molar refractivity (Wildman–Crippen MR) is 104 cm³/mol. The summed E-state index contributed by atoms with van der Waals surface area (Å²) in [6.45, 7) is 4.12. The fourth-order valence-corrected chi connectivity index (χ4v) is 4.98. The molecule has 27 heavy (non-hydrogen) atoms. The maximum atomic E-state index is 12.7. The van der Waals surface area contributed by atoms with Gasteiger partial charge in [0.2, 0.25) is 10.0 Å². The highest BCUT2D eigenvalue weighted by Gasteiger charge is 2.27. The van der Waals surface area contributed by atoms with Gasteiger partial charge in [0.05, 0.1) is 4.90 Å². The summed E-state index contributed by atoms with van der Waals surface area (Å²) in [5.41, 5.74) is 0.324. The first-order valence-corrected chi connectivity index (χ1v) is 10.8. The van der Waals surface area contributed by atoms with Crippen molar-refractivity contribution < 1.29 is 13.2 Å². The Kier molecular flexibility index (Phi) is 6.08. The zero-order chi connectivity index (χ0) is 19.4. The molecule has 1 fully saturated rings. The summed E-state index contributed by atoms with van der Waals surface area (Å²) in [6, 6.07) is 6.18. The lowest BCUT2D eigenvalue weighted by Crippen LogP contribution is -2.29. The van der Waals surface area contributed by atoms with Gasteiger partial charge in [-0.15, -0.1) is 0 Å². The number of aromatic nitrogens is 3. The number of carbonyl (C=O) groups excluding carboxylic acids is 1. The van der Waals surface area contributed by atoms with Crippen molar-refractivity contribution in [3.05, 3.63) is 40.4 Å². The Bertz CT molecular complexity index is 974. The molecule has 1 aliphatic rings. The summed E-state index contributed by atoms with van der Waals surface area (Å²) in [5.74, 6) is 0.457. The lowest BCUT2D eigenvalue weighted by Gasteiger charge is -2.16. The summed E-state index contributed by atoms with van der Waals surface area (Å²) < 4.78 is 29.2. The Morgan fingerprint density at radius 3 is 2.78 bits per heavy atom. The van der Waals surface area contributed by atoms with Crippen LogP contribution in [0.2, 0.25) is 0 Å². The van der Waals surface area contributed by atoms with Crippen LogP contribution >= 0.6 is 12.2 Å². The average molecular weight is 410 g/mol. The molecule has 0 saturated carbocycles. The third-order valence-corrected chi connectivity index (χ3v) is 6.79. The molecule has 0 bridgehead atoms. The summed E-state index contributed by atoms with van der Waals surface area (Å²) >= 11 is 5.14. The van der Waals surface area contributed by atoms with Crippen LogP contribution in [0.25, 0.3) is 0 Å². The van der Waals surface area contributed by atoms with Crippen LogP contribution in [0.4, 0.5) is 0 Å². The van der Waals surface area contributed by atoms with Gasteiger partial charge in [-0.2, -0.15) is 9.40 Å². The van der Waals surface area contributed by atoms with Gasteiger partial charge in [0.25, 0.3) is 5.91 Å². The predicted octanol–water partition coefficient (Wildman–Crippen LogP) is 1.72. The summed E-state index contributed by atoms with van der Waals surface area (Å²) in [7, 11) is -3.54. The van der Waals surface area contributed by atoms with Gasteiger partial charge in [0.15, 0.2) is 4.77 Å². The van der Waals surface area contributed by atoms with Crippen LogP contribution in [-0.2, 0) is 23.0 Å². The molecule has 1 aromatic heterocycles. The number of aromatic amines is 1. The quantitative estimate of drug-likeness (QED) is 0.678. The number of benzene rings is 1. The SMILES string of the molecule is CCn1c(CCNC(=O)c2cccc(S(=O)(=O)N3CCCC3)c2)n[nH]c1=S. The van der Waals surface area contributed by atoms with Gasteiger partial charge in [-0.1, -0.05) is 6.07 Å². The van der Waals surface area contributed by atoms with E-state index in [1.807, 2.05) is 11.5 Å². The second-order valence-electron chi connectivity index (χ2n) is 6.33. The topological polar surface area (TPSA) is 100 Å². The molecule has 2 heterocycles. The first kappa shape index (κ1) is 19.7. The first-order valence-electron chi connectivity index (χ1n) is 8.96. The minimum Gasteiger partial charge on any atom is -0.352 e. The molecule has 146 valence electrons. The van der Waals surface area contributed by atoms with Gasteiger partial charge in [-0.25, -0.2) is 8.42 Å². The zero-order valence-electron chi connectivity index (χ0n) is 15.1. The molecule has 0 radical (unpaired) electrons. The van der Waals surface area contributed by atoms with E-state index in [4.69, 9.17) is 12.2 Å². The molecule has 0 unspecified atom stereocenters. The van der Waals surface area contributed by atoms with Gasteiger partial charge >= 0.3 is 0 Å². The van der Waals surface area contributed by atoms with E-state index in [9.17, 15) is 13.2 Å². The highest BCUT2D eigenvalue weighted by atomic mass is 32.2. The van der Waals surface area contributed by atoms with Gasteiger partial charge in [0, 0.05) is 38.2 Å². The third kappa shape index (κ3) is 4.28. The summed E-state index contributed by atoms with van der Waals surface area (Å²) in [5, 5.41) is 9.70. The van der Waals surface area contributed by atoms with E-state index >= 15 is 0 Å². The number of nitrogens with one attached hydrogen (secondary N) is 2. The van der Waals surface area contributed by atoms with Gasteiger partial charge in [0.1, 0.15) is 5.82 Å².